The standard InChI is InChI=1S/C20H17N5/c1-2-6-16(7-3-1)19-23-20(25-24-19)17-8-4-5-9-18(17)22-14-15-10-12-21-13-11-15/h1-13,22H,14H2,(H,23,24,25). The first-order valence-electron chi connectivity index (χ1n) is 8.10. The fourth-order valence-corrected chi connectivity index (χ4v) is 2.65. The second-order valence-electron chi connectivity index (χ2n) is 5.64. The molecule has 2 heterocycles. The number of H-pyrrole nitrogens is 1. The molecule has 2 N–H and O–H groups in total. The van der Waals surface area contributed by atoms with Crippen molar-refractivity contribution in [2.45, 2.75) is 6.54 Å². The first-order chi connectivity index (χ1) is 12.4. The summed E-state index contributed by atoms with van der Waals surface area (Å²) in [6, 6.07) is 22.1. The molecular formula is C20H17N5. The molecule has 0 unspecified atom stereocenters. The lowest BCUT2D eigenvalue weighted by molar-refractivity contribution is 1.09. The fraction of sp³-hybridized carbons (Fsp3) is 0.0500. The summed E-state index contributed by atoms with van der Waals surface area (Å²) in [5.41, 5.74) is 4.19. The molecule has 0 aliphatic heterocycles. The number of anilines is 1. The number of pyridine rings is 1. The summed E-state index contributed by atoms with van der Waals surface area (Å²) in [5.74, 6) is 1.51. The molecule has 0 fully saturated rings. The molecular weight excluding hydrogens is 310 g/mol. The van der Waals surface area contributed by atoms with Crippen molar-refractivity contribution < 1.29 is 0 Å². The normalized spacial score (nSPS) is 10.6. The van der Waals surface area contributed by atoms with Crippen molar-refractivity contribution in [2.24, 2.45) is 0 Å². The molecule has 25 heavy (non-hydrogen) atoms. The van der Waals surface area contributed by atoms with Gasteiger partial charge >= 0.3 is 0 Å². The van der Waals surface area contributed by atoms with Crippen molar-refractivity contribution in [2.75, 3.05) is 5.32 Å². The van der Waals surface area contributed by atoms with Crippen LogP contribution in [0.15, 0.2) is 79.1 Å². The van der Waals surface area contributed by atoms with Crippen molar-refractivity contribution in [1.29, 1.82) is 0 Å². The largest absolute Gasteiger partial charge is 0.380 e. The Morgan fingerprint density at radius 3 is 2.32 bits per heavy atom. The minimum atomic E-state index is 0.721. The molecule has 0 radical (unpaired) electrons. The summed E-state index contributed by atoms with van der Waals surface area (Å²) < 4.78 is 0. The summed E-state index contributed by atoms with van der Waals surface area (Å²) in [4.78, 5) is 7.36. The van der Waals surface area contributed by atoms with Gasteiger partial charge in [-0.15, -0.1) is 10.2 Å². The second kappa shape index (κ2) is 6.97. The van der Waals surface area contributed by atoms with E-state index < -0.39 is 0 Å². The molecule has 0 aliphatic carbocycles. The van der Waals surface area contributed by atoms with Crippen LogP contribution in [-0.4, -0.2) is 20.2 Å². The number of hydrogen-bond acceptors (Lipinski definition) is 4. The lowest BCUT2D eigenvalue weighted by Crippen LogP contribution is -2.01. The first kappa shape index (κ1) is 15.1. The van der Waals surface area contributed by atoms with Crippen molar-refractivity contribution in [1.82, 2.24) is 20.2 Å². The molecule has 0 atom stereocenters. The molecule has 0 saturated heterocycles. The highest BCUT2D eigenvalue weighted by molar-refractivity contribution is 5.74. The third-order valence-electron chi connectivity index (χ3n) is 3.95. The van der Waals surface area contributed by atoms with E-state index in [4.69, 9.17) is 0 Å². The van der Waals surface area contributed by atoms with E-state index in [1.54, 1.807) is 12.4 Å². The van der Waals surface area contributed by atoms with Crippen molar-refractivity contribution in [3.8, 4) is 22.8 Å². The Morgan fingerprint density at radius 2 is 1.48 bits per heavy atom. The summed E-state index contributed by atoms with van der Waals surface area (Å²) in [5, 5.41) is 12.1. The molecule has 5 heteroatoms. The van der Waals surface area contributed by atoms with Crippen LogP contribution in [0.1, 0.15) is 5.56 Å². The highest BCUT2D eigenvalue weighted by Gasteiger charge is 2.10. The second-order valence-corrected chi connectivity index (χ2v) is 5.64. The van der Waals surface area contributed by atoms with Gasteiger partial charge in [-0.2, -0.15) is 0 Å². The minimum Gasteiger partial charge on any atom is -0.380 e. The van der Waals surface area contributed by atoms with Gasteiger partial charge in [0.15, 0.2) is 11.6 Å². The molecule has 4 rings (SSSR count). The third kappa shape index (κ3) is 3.40. The van der Waals surface area contributed by atoms with E-state index >= 15 is 0 Å². The summed E-state index contributed by atoms with van der Waals surface area (Å²) in [7, 11) is 0. The van der Waals surface area contributed by atoms with Gasteiger partial charge in [-0.3, -0.25) is 4.98 Å². The molecule has 0 aliphatic rings. The average molecular weight is 327 g/mol. The van der Waals surface area contributed by atoms with Gasteiger partial charge in [0, 0.05) is 35.8 Å². The van der Waals surface area contributed by atoms with Crippen LogP contribution < -0.4 is 5.32 Å². The quantitative estimate of drug-likeness (QED) is 0.578. The Hall–Kier alpha value is -3.47. The number of nitrogens with one attached hydrogen (secondary N) is 2. The highest BCUT2D eigenvalue weighted by Crippen LogP contribution is 2.27. The van der Waals surface area contributed by atoms with E-state index in [1.165, 1.54) is 5.56 Å². The number of aromatic nitrogens is 4. The number of rotatable bonds is 5. The predicted octanol–water partition coefficient (Wildman–Crippen LogP) is 4.15. The van der Waals surface area contributed by atoms with E-state index in [0.717, 1.165) is 35.0 Å². The fourth-order valence-electron chi connectivity index (χ4n) is 2.65. The van der Waals surface area contributed by atoms with E-state index in [1.807, 2.05) is 66.7 Å². The maximum atomic E-state index is 4.32. The molecule has 2 aromatic heterocycles. The maximum Gasteiger partial charge on any atom is 0.163 e. The topological polar surface area (TPSA) is 66.5 Å². The van der Waals surface area contributed by atoms with Crippen LogP contribution in [0.5, 0.6) is 0 Å². The molecule has 0 spiro atoms. The van der Waals surface area contributed by atoms with Crippen LogP contribution in [0.4, 0.5) is 5.69 Å². The maximum absolute atomic E-state index is 4.32. The molecule has 4 aromatic rings. The lowest BCUT2D eigenvalue weighted by Gasteiger charge is -2.10. The van der Waals surface area contributed by atoms with Crippen molar-refractivity contribution in [3.63, 3.8) is 0 Å². The van der Waals surface area contributed by atoms with Gasteiger partial charge in [0.05, 0.1) is 0 Å². The zero-order valence-corrected chi connectivity index (χ0v) is 13.6. The van der Waals surface area contributed by atoms with Crippen LogP contribution >= 0.6 is 0 Å². The molecule has 0 bridgehead atoms. The van der Waals surface area contributed by atoms with Crippen molar-refractivity contribution >= 4 is 5.69 Å². The van der Waals surface area contributed by atoms with E-state index in [9.17, 15) is 0 Å². The smallest absolute Gasteiger partial charge is 0.163 e. The Morgan fingerprint density at radius 1 is 0.760 bits per heavy atom. The van der Waals surface area contributed by atoms with Crippen LogP contribution in [0.25, 0.3) is 22.8 Å². The van der Waals surface area contributed by atoms with Crippen LogP contribution in [-0.2, 0) is 6.54 Å². The van der Waals surface area contributed by atoms with E-state index in [2.05, 4.69) is 25.5 Å². The SMILES string of the molecule is c1ccc(-c2nnc(-c3ccccc3NCc3ccncc3)[nH]2)cc1. The van der Waals surface area contributed by atoms with Gasteiger partial charge in [-0.05, 0) is 29.8 Å². The van der Waals surface area contributed by atoms with Gasteiger partial charge in [-0.25, -0.2) is 0 Å². The zero-order valence-electron chi connectivity index (χ0n) is 13.6. The van der Waals surface area contributed by atoms with Gasteiger partial charge in [-0.1, -0.05) is 42.5 Å². The number of benzene rings is 2. The molecule has 0 saturated carbocycles. The highest BCUT2D eigenvalue weighted by atomic mass is 15.2. The van der Waals surface area contributed by atoms with Gasteiger partial charge in [0.1, 0.15) is 0 Å². The van der Waals surface area contributed by atoms with Crippen LogP contribution in [0.2, 0.25) is 0 Å². The monoisotopic (exact) mass is 327 g/mol. The number of para-hydroxylation sites is 1. The third-order valence-corrected chi connectivity index (χ3v) is 3.95. The molecule has 0 amide bonds. The average Bonchev–Trinajstić information content (AvgIpc) is 3.18. The van der Waals surface area contributed by atoms with Crippen LogP contribution in [0.3, 0.4) is 0 Å². The summed E-state index contributed by atoms with van der Waals surface area (Å²) in [6.45, 7) is 0.721. The van der Waals surface area contributed by atoms with Crippen LogP contribution in [0, 0.1) is 0 Å². The molecule has 5 nitrogen and oxygen atoms in total. The molecule has 2 aromatic carbocycles. The number of nitrogens with zero attached hydrogens (tertiary/aromatic N) is 3. The first-order valence-corrected chi connectivity index (χ1v) is 8.10. The Kier molecular flexibility index (Phi) is 4.20. The Bertz CT molecular complexity index is 948. The van der Waals surface area contributed by atoms with E-state index in [-0.39, 0.29) is 0 Å². The summed E-state index contributed by atoms with van der Waals surface area (Å²) in [6.07, 6.45) is 3.59. The number of hydrogen-bond donors (Lipinski definition) is 2. The number of aromatic amines is 1. The van der Waals surface area contributed by atoms with Crippen molar-refractivity contribution in [3.05, 3.63) is 84.7 Å². The molecule has 122 valence electrons. The van der Waals surface area contributed by atoms with E-state index in [0.29, 0.717) is 0 Å². The Labute approximate surface area is 145 Å². The lowest BCUT2D eigenvalue weighted by atomic mass is 10.1. The predicted molar refractivity (Wildman–Crippen MR) is 98.8 cm³/mol. The minimum absolute atomic E-state index is 0.721. The summed E-state index contributed by atoms with van der Waals surface area (Å²) >= 11 is 0. The van der Waals surface area contributed by atoms with Gasteiger partial charge < -0.3 is 10.3 Å². The Balaban J connectivity index is 1.60. The van der Waals surface area contributed by atoms with Gasteiger partial charge in [0.2, 0.25) is 0 Å². The van der Waals surface area contributed by atoms with Gasteiger partial charge in [0.25, 0.3) is 0 Å². The zero-order chi connectivity index (χ0) is 16.9.